The average Bonchev–Trinajstić information content (AvgIpc) is 2.39. The molecule has 0 aliphatic heterocycles. The van der Waals surface area contributed by atoms with Gasteiger partial charge >= 0.3 is 0 Å². The first kappa shape index (κ1) is 15.7. The summed E-state index contributed by atoms with van der Waals surface area (Å²) in [6.45, 7) is 2.63. The van der Waals surface area contributed by atoms with Crippen molar-refractivity contribution in [2.24, 2.45) is 0 Å². The molecule has 1 aromatic carbocycles. The number of carbonyl (C=O) groups is 2. The molecule has 0 saturated carbocycles. The van der Waals surface area contributed by atoms with Crippen LogP contribution in [0.2, 0.25) is 0 Å². The molecule has 1 aromatic rings. The average molecular weight is 274 g/mol. The number of likely N-dealkylation sites (N-methyl/N-ethyl adjacent to an activating group) is 2. The fourth-order valence-corrected chi connectivity index (χ4v) is 1.68. The van der Waals surface area contributed by atoms with Crippen molar-refractivity contribution in [3.05, 3.63) is 29.8 Å². The van der Waals surface area contributed by atoms with Gasteiger partial charge in [-0.3, -0.25) is 14.5 Å². The molecular weight excluding hydrogens is 256 g/mol. The summed E-state index contributed by atoms with van der Waals surface area (Å²) in [4.78, 5) is 24.8. The van der Waals surface area contributed by atoms with Gasteiger partial charge in [0.25, 0.3) is 0 Å². The standard InChI is InChI=1S/C14H18N4O2/c1-3-16-13(19)9-18(2)10-14(20)17-12-7-5-4-6-11(12)8-15/h4-7H,3,9-10H2,1-2H3,(H,16,19)(H,17,20). The van der Waals surface area contributed by atoms with Gasteiger partial charge in [0.2, 0.25) is 11.8 Å². The first-order valence-corrected chi connectivity index (χ1v) is 6.31. The lowest BCUT2D eigenvalue weighted by atomic mass is 10.2. The number of nitrogens with zero attached hydrogens (tertiary/aromatic N) is 2. The van der Waals surface area contributed by atoms with E-state index in [1.54, 1.807) is 36.2 Å². The van der Waals surface area contributed by atoms with Crippen molar-refractivity contribution in [2.75, 3.05) is 32.0 Å². The lowest BCUT2D eigenvalue weighted by Gasteiger charge is -2.15. The van der Waals surface area contributed by atoms with Crippen LogP contribution in [-0.4, -0.2) is 43.4 Å². The van der Waals surface area contributed by atoms with Crippen LogP contribution in [0.15, 0.2) is 24.3 Å². The largest absolute Gasteiger partial charge is 0.355 e. The number of hydrogen-bond acceptors (Lipinski definition) is 4. The Labute approximate surface area is 118 Å². The number of anilines is 1. The zero-order chi connectivity index (χ0) is 15.0. The molecule has 20 heavy (non-hydrogen) atoms. The second-order valence-corrected chi connectivity index (χ2v) is 4.33. The highest BCUT2D eigenvalue weighted by molar-refractivity contribution is 5.93. The maximum atomic E-state index is 11.8. The number of carbonyl (C=O) groups excluding carboxylic acids is 2. The predicted octanol–water partition coefficient (Wildman–Crippen LogP) is 0.565. The van der Waals surface area contributed by atoms with E-state index >= 15 is 0 Å². The van der Waals surface area contributed by atoms with Crippen LogP contribution in [-0.2, 0) is 9.59 Å². The van der Waals surface area contributed by atoms with Crippen molar-refractivity contribution in [2.45, 2.75) is 6.92 Å². The number of hydrogen-bond donors (Lipinski definition) is 2. The topological polar surface area (TPSA) is 85.2 Å². The number of rotatable bonds is 6. The fraction of sp³-hybridized carbons (Fsp3) is 0.357. The number of nitriles is 1. The van der Waals surface area contributed by atoms with E-state index in [0.717, 1.165) is 0 Å². The molecule has 0 aliphatic carbocycles. The lowest BCUT2D eigenvalue weighted by Crippen LogP contribution is -2.38. The van der Waals surface area contributed by atoms with Crippen LogP contribution in [0, 0.1) is 11.3 Å². The van der Waals surface area contributed by atoms with Crippen molar-refractivity contribution in [3.63, 3.8) is 0 Å². The maximum absolute atomic E-state index is 11.8. The molecule has 1 rings (SSSR count). The van der Waals surface area contributed by atoms with Crippen molar-refractivity contribution in [3.8, 4) is 6.07 Å². The molecule has 106 valence electrons. The van der Waals surface area contributed by atoms with E-state index in [9.17, 15) is 9.59 Å². The third-order valence-electron chi connectivity index (χ3n) is 2.52. The fourth-order valence-electron chi connectivity index (χ4n) is 1.68. The van der Waals surface area contributed by atoms with Crippen molar-refractivity contribution >= 4 is 17.5 Å². The van der Waals surface area contributed by atoms with Crippen LogP contribution in [0.5, 0.6) is 0 Å². The SMILES string of the molecule is CCNC(=O)CN(C)CC(=O)Nc1ccccc1C#N. The molecule has 0 saturated heterocycles. The second-order valence-electron chi connectivity index (χ2n) is 4.33. The summed E-state index contributed by atoms with van der Waals surface area (Å²) in [5.41, 5.74) is 0.888. The van der Waals surface area contributed by atoms with Gasteiger partial charge in [0.15, 0.2) is 0 Å². The van der Waals surface area contributed by atoms with Gasteiger partial charge in [-0.1, -0.05) is 12.1 Å². The molecule has 0 heterocycles. The molecule has 0 unspecified atom stereocenters. The van der Waals surface area contributed by atoms with Gasteiger partial charge < -0.3 is 10.6 Å². The highest BCUT2D eigenvalue weighted by Crippen LogP contribution is 2.13. The van der Waals surface area contributed by atoms with Gasteiger partial charge in [0.05, 0.1) is 24.3 Å². The molecule has 2 amide bonds. The third-order valence-corrected chi connectivity index (χ3v) is 2.52. The Morgan fingerprint density at radius 2 is 1.90 bits per heavy atom. The van der Waals surface area contributed by atoms with E-state index in [1.807, 2.05) is 13.0 Å². The minimum atomic E-state index is -0.264. The zero-order valence-electron chi connectivity index (χ0n) is 11.6. The van der Waals surface area contributed by atoms with Gasteiger partial charge in [-0.05, 0) is 26.1 Å². The summed E-state index contributed by atoms with van der Waals surface area (Å²) < 4.78 is 0. The van der Waals surface area contributed by atoms with Gasteiger partial charge in [-0.2, -0.15) is 5.26 Å². The molecule has 0 aromatic heterocycles. The maximum Gasteiger partial charge on any atom is 0.238 e. The highest BCUT2D eigenvalue weighted by atomic mass is 16.2. The molecule has 0 fully saturated rings. The van der Waals surface area contributed by atoms with Gasteiger partial charge in [0.1, 0.15) is 6.07 Å². The van der Waals surface area contributed by atoms with Gasteiger partial charge in [-0.15, -0.1) is 0 Å². The first-order valence-electron chi connectivity index (χ1n) is 6.31. The molecular formula is C14H18N4O2. The van der Waals surface area contributed by atoms with Gasteiger partial charge in [0, 0.05) is 6.54 Å². The summed E-state index contributed by atoms with van der Waals surface area (Å²) in [5.74, 6) is -0.389. The Hall–Kier alpha value is -2.39. The number of benzene rings is 1. The summed E-state index contributed by atoms with van der Waals surface area (Å²) in [7, 11) is 1.69. The Morgan fingerprint density at radius 3 is 2.55 bits per heavy atom. The third kappa shape index (κ3) is 5.08. The van der Waals surface area contributed by atoms with E-state index in [1.165, 1.54) is 0 Å². The smallest absolute Gasteiger partial charge is 0.238 e. The number of nitrogens with one attached hydrogen (secondary N) is 2. The molecule has 2 N–H and O–H groups in total. The van der Waals surface area contributed by atoms with Crippen LogP contribution in [0.1, 0.15) is 12.5 Å². The van der Waals surface area contributed by atoms with E-state index in [-0.39, 0.29) is 24.9 Å². The minimum absolute atomic E-state index is 0.0803. The van der Waals surface area contributed by atoms with E-state index in [4.69, 9.17) is 5.26 Å². The zero-order valence-corrected chi connectivity index (χ0v) is 11.6. The van der Waals surface area contributed by atoms with Crippen LogP contribution in [0.3, 0.4) is 0 Å². The summed E-state index contributed by atoms with van der Waals surface area (Å²) >= 11 is 0. The van der Waals surface area contributed by atoms with Crippen molar-refractivity contribution in [1.82, 2.24) is 10.2 Å². The van der Waals surface area contributed by atoms with E-state index in [2.05, 4.69) is 10.6 Å². The van der Waals surface area contributed by atoms with E-state index < -0.39 is 0 Å². The Kier molecular flexibility index (Phi) is 6.20. The van der Waals surface area contributed by atoms with Crippen molar-refractivity contribution in [1.29, 1.82) is 5.26 Å². The molecule has 0 radical (unpaired) electrons. The number of amides is 2. The predicted molar refractivity (Wildman–Crippen MR) is 76.0 cm³/mol. The summed E-state index contributed by atoms with van der Waals surface area (Å²) in [5, 5.41) is 14.3. The van der Waals surface area contributed by atoms with E-state index in [0.29, 0.717) is 17.8 Å². The first-order chi connectivity index (χ1) is 9.56. The normalized spacial score (nSPS) is 9.90. The van der Waals surface area contributed by atoms with Crippen LogP contribution >= 0.6 is 0 Å². The van der Waals surface area contributed by atoms with Crippen LogP contribution in [0.4, 0.5) is 5.69 Å². The Balaban J connectivity index is 2.51. The number of para-hydroxylation sites is 1. The Morgan fingerprint density at radius 1 is 1.25 bits per heavy atom. The Bertz CT molecular complexity index is 522. The molecule has 6 nitrogen and oxygen atoms in total. The summed E-state index contributed by atoms with van der Waals surface area (Å²) in [6.07, 6.45) is 0. The molecule has 0 aliphatic rings. The van der Waals surface area contributed by atoms with Gasteiger partial charge in [-0.25, -0.2) is 0 Å². The minimum Gasteiger partial charge on any atom is -0.355 e. The van der Waals surface area contributed by atoms with Crippen LogP contribution in [0.25, 0.3) is 0 Å². The van der Waals surface area contributed by atoms with Crippen molar-refractivity contribution < 1.29 is 9.59 Å². The molecule has 0 atom stereocenters. The monoisotopic (exact) mass is 274 g/mol. The second kappa shape index (κ2) is 7.92. The highest BCUT2D eigenvalue weighted by Gasteiger charge is 2.11. The van der Waals surface area contributed by atoms with Crippen LogP contribution < -0.4 is 10.6 Å². The quantitative estimate of drug-likeness (QED) is 0.794. The molecule has 0 bridgehead atoms. The summed E-state index contributed by atoms with van der Waals surface area (Å²) in [6, 6.07) is 8.79. The lowest BCUT2D eigenvalue weighted by molar-refractivity contribution is -0.122. The molecule has 0 spiro atoms. The molecule has 6 heteroatoms.